The summed E-state index contributed by atoms with van der Waals surface area (Å²) >= 11 is 0. The maximum Gasteiger partial charge on any atom is 0.415 e. The number of carbonyl (C=O) groups is 2. The summed E-state index contributed by atoms with van der Waals surface area (Å²) in [7, 11) is 0. The van der Waals surface area contributed by atoms with Crippen LogP contribution in [-0.4, -0.2) is 41.7 Å². The van der Waals surface area contributed by atoms with Gasteiger partial charge in [-0.05, 0) is 11.6 Å². The molecule has 0 unspecified atom stereocenters. The third-order valence-electron chi connectivity index (χ3n) is 5.43. The van der Waals surface area contributed by atoms with Crippen LogP contribution in [0.25, 0.3) is 0 Å². The molecule has 27 heavy (non-hydrogen) atoms. The lowest BCUT2D eigenvalue weighted by Gasteiger charge is -2.46. The fourth-order valence-corrected chi connectivity index (χ4v) is 3.97. The number of rotatable bonds is 3. The minimum atomic E-state index is -0.715. The molecule has 6 heteroatoms. The smallest absolute Gasteiger partial charge is 0.415 e. The zero-order valence-corrected chi connectivity index (χ0v) is 15.0. The number of nitrogens with zero attached hydrogens (tertiary/aromatic N) is 2. The number of benzene rings is 2. The predicted octanol–water partition coefficient (Wildman–Crippen LogP) is 2.65. The number of aliphatic hydroxyl groups is 1. The standard InChI is InChI=1S/C21H22N2O4/c24-15-19(25)22-12-10-21(11-13-22)17-8-4-5-9-18(17)23(20(26)27-21)14-16-6-2-1-3-7-16/h1-9,24H,10-15H2. The van der Waals surface area contributed by atoms with Gasteiger partial charge in [-0.1, -0.05) is 48.5 Å². The van der Waals surface area contributed by atoms with Crippen molar-refractivity contribution in [3.63, 3.8) is 0 Å². The molecule has 4 rings (SSSR count). The second-order valence-electron chi connectivity index (χ2n) is 6.99. The third-order valence-corrected chi connectivity index (χ3v) is 5.43. The van der Waals surface area contributed by atoms with Gasteiger partial charge in [0, 0.05) is 31.5 Å². The molecule has 0 bridgehead atoms. The number of ether oxygens (including phenoxy) is 1. The van der Waals surface area contributed by atoms with E-state index >= 15 is 0 Å². The molecule has 1 N–H and O–H groups in total. The van der Waals surface area contributed by atoms with E-state index in [0.29, 0.717) is 32.5 Å². The van der Waals surface area contributed by atoms with Gasteiger partial charge < -0.3 is 14.7 Å². The number of hydrogen-bond donors (Lipinski definition) is 1. The van der Waals surface area contributed by atoms with Crippen LogP contribution in [0.15, 0.2) is 54.6 Å². The van der Waals surface area contributed by atoms with Crippen LogP contribution in [0.1, 0.15) is 24.0 Å². The quantitative estimate of drug-likeness (QED) is 0.907. The highest BCUT2D eigenvalue weighted by molar-refractivity contribution is 5.91. The number of carbonyl (C=O) groups excluding carboxylic acids is 2. The average molecular weight is 366 g/mol. The Labute approximate surface area is 158 Å². The highest BCUT2D eigenvalue weighted by Crippen LogP contribution is 2.45. The molecular formula is C21H22N2O4. The minimum absolute atomic E-state index is 0.286. The van der Waals surface area contributed by atoms with E-state index in [1.54, 1.807) is 9.80 Å². The Kier molecular flexibility index (Phi) is 4.58. The highest BCUT2D eigenvalue weighted by atomic mass is 16.6. The molecule has 0 saturated carbocycles. The summed E-state index contributed by atoms with van der Waals surface area (Å²) in [6.07, 6.45) is 0.695. The molecule has 2 aromatic carbocycles. The molecular weight excluding hydrogens is 344 g/mol. The van der Waals surface area contributed by atoms with E-state index in [9.17, 15) is 9.59 Å². The minimum Gasteiger partial charge on any atom is -0.437 e. The number of amides is 2. The van der Waals surface area contributed by atoms with Crippen LogP contribution in [-0.2, 0) is 21.7 Å². The van der Waals surface area contributed by atoms with Crippen LogP contribution in [0, 0.1) is 0 Å². The first-order valence-corrected chi connectivity index (χ1v) is 9.15. The summed E-state index contributed by atoms with van der Waals surface area (Å²) in [4.78, 5) is 27.9. The van der Waals surface area contributed by atoms with Gasteiger partial charge >= 0.3 is 6.09 Å². The molecule has 2 heterocycles. The predicted molar refractivity (Wildman–Crippen MR) is 100 cm³/mol. The Bertz CT molecular complexity index is 844. The van der Waals surface area contributed by atoms with Crippen molar-refractivity contribution in [2.45, 2.75) is 25.0 Å². The summed E-state index contributed by atoms with van der Waals surface area (Å²) in [6.45, 7) is 0.871. The summed E-state index contributed by atoms with van der Waals surface area (Å²) in [5.74, 6) is -0.286. The molecule has 0 aliphatic carbocycles. The van der Waals surface area contributed by atoms with Gasteiger partial charge in [0.1, 0.15) is 12.2 Å². The molecule has 2 aliphatic heterocycles. The van der Waals surface area contributed by atoms with Gasteiger partial charge in [0.15, 0.2) is 0 Å². The Balaban J connectivity index is 1.64. The van der Waals surface area contributed by atoms with Gasteiger partial charge in [-0.25, -0.2) is 4.79 Å². The number of hydrogen-bond acceptors (Lipinski definition) is 4. The number of para-hydroxylation sites is 1. The van der Waals surface area contributed by atoms with E-state index in [2.05, 4.69) is 0 Å². The zero-order valence-electron chi connectivity index (χ0n) is 15.0. The Hall–Kier alpha value is -2.86. The molecule has 1 saturated heterocycles. The van der Waals surface area contributed by atoms with E-state index in [0.717, 1.165) is 16.8 Å². The second kappa shape index (κ2) is 7.04. The SMILES string of the molecule is O=C(CO)N1CCC2(CC1)OC(=O)N(Cc1ccccc1)c1ccccc12. The fourth-order valence-electron chi connectivity index (χ4n) is 3.97. The third kappa shape index (κ3) is 3.17. The topological polar surface area (TPSA) is 70.1 Å². The van der Waals surface area contributed by atoms with E-state index in [1.165, 1.54) is 0 Å². The molecule has 0 radical (unpaired) electrons. The van der Waals surface area contributed by atoms with Crippen LogP contribution >= 0.6 is 0 Å². The molecule has 2 aromatic rings. The Morgan fingerprint density at radius 2 is 1.70 bits per heavy atom. The van der Waals surface area contributed by atoms with Crippen molar-refractivity contribution in [2.75, 3.05) is 24.6 Å². The van der Waals surface area contributed by atoms with Crippen molar-refractivity contribution >= 4 is 17.7 Å². The number of anilines is 1. The lowest BCUT2D eigenvalue weighted by atomic mass is 9.82. The van der Waals surface area contributed by atoms with E-state index in [4.69, 9.17) is 9.84 Å². The van der Waals surface area contributed by atoms with Crippen LogP contribution in [0.5, 0.6) is 0 Å². The lowest BCUT2D eigenvalue weighted by Crippen LogP contribution is -2.52. The molecule has 0 aromatic heterocycles. The number of likely N-dealkylation sites (tertiary alicyclic amines) is 1. The fraction of sp³-hybridized carbons (Fsp3) is 0.333. The molecule has 1 fully saturated rings. The average Bonchev–Trinajstić information content (AvgIpc) is 2.72. The Morgan fingerprint density at radius 3 is 2.41 bits per heavy atom. The number of aliphatic hydroxyl groups excluding tert-OH is 1. The largest absolute Gasteiger partial charge is 0.437 e. The van der Waals surface area contributed by atoms with Crippen LogP contribution in [0.4, 0.5) is 10.5 Å². The maximum atomic E-state index is 12.9. The number of piperidine rings is 1. The van der Waals surface area contributed by atoms with Crippen molar-refractivity contribution < 1.29 is 19.4 Å². The van der Waals surface area contributed by atoms with E-state index in [1.807, 2.05) is 54.6 Å². The molecule has 0 atom stereocenters. The van der Waals surface area contributed by atoms with Gasteiger partial charge in [0.05, 0.1) is 12.2 Å². The molecule has 1 spiro atoms. The van der Waals surface area contributed by atoms with Crippen molar-refractivity contribution in [3.05, 3.63) is 65.7 Å². The number of fused-ring (bicyclic) bond motifs is 2. The first-order valence-electron chi connectivity index (χ1n) is 9.15. The van der Waals surface area contributed by atoms with Gasteiger partial charge in [-0.2, -0.15) is 0 Å². The van der Waals surface area contributed by atoms with Crippen molar-refractivity contribution in [3.8, 4) is 0 Å². The van der Waals surface area contributed by atoms with Crippen molar-refractivity contribution in [1.29, 1.82) is 0 Å². The monoisotopic (exact) mass is 366 g/mol. The first kappa shape index (κ1) is 17.5. The summed E-state index contributed by atoms with van der Waals surface area (Å²) in [5.41, 5.74) is 2.16. The highest BCUT2D eigenvalue weighted by Gasteiger charge is 2.47. The van der Waals surface area contributed by atoms with Crippen LogP contribution in [0.3, 0.4) is 0 Å². The lowest BCUT2D eigenvalue weighted by molar-refractivity contribution is -0.138. The molecule has 6 nitrogen and oxygen atoms in total. The van der Waals surface area contributed by atoms with Gasteiger partial charge in [-0.3, -0.25) is 9.69 Å². The summed E-state index contributed by atoms with van der Waals surface area (Å²) in [5, 5.41) is 9.08. The van der Waals surface area contributed by atoms with Crippen molar-refractivity contribution in [1.82, 2.24) is 4.90 Å². The van der Waals surface area contributed by atoms with E-state index in [-0.39, 0.29) is 12.0 Å². The van der Waals surface area contributed by atoms with Gasteiger partial charge in [-0.15, -0.1) is 0 Å². The Morgan fingerprint density at radius 1 is 1.04 bits per heavy atom. The zero-order chi connectivity index (χ0) is 18.9. The van der Waals surface area contributed by atoms with Gasteiger partial charge in [0.2, 0.25) is 5.91 Å². The second-order valence-corrected chi connectivity index (χ2v) is 6.99. The summed E-state index contributed by atoms with van der Waals surface area (Å²) in [6, 6.07) is 17.6. The molecule has 140 valence electrons. The van der Waals surface area contributed by atoms with Crippen LogP contribution < -0.4 is 4.90 Å². The van der Waals surface area contributed by atoms with Gasteiger partial charge in [0.25, 0.3) is 0 Å². The first-order chi connectivity index (χ1) is 13.1. The van der Waals surface area contributed by atoms with Crippen molar-refractivity contribution in [2.24, 2.45) is 0 Å². The van der Waals surface area contributed by atoms with Crippen LogP contribution in [0.2, 0.25) is 0 Å². The molecule has 2 aliphatic rings. The normalized spacial score (nSPS) is 18.2. The molecule has 2 amide bonds. The maximum absolute atomic E-state index is 12.9. The van der Waals surface area contributed by atoms with E-state index < -0.39 is 12.2 Å². The summed E-state index contributed by atoms with van der Waals surface area (Å²) < 4.78 is 5.97.